The molecule has 2 aromatic rings. The van der Waals surface area contributed by atoms with Gasteiger partial charge in [-0.1, -0.05) is 5.57 Å². The molecule has 0 aliphatic rings. The van der Waals surface area contributed by atoms with Crippen LogP contribution in [0.25, 0.3) is 10.9 Å². The van der Waals surface area contributed by atoms with Crippen molar-refractivity contribution in [2.45, 2.75) is 19.9 Å². The molecule has 1 aromatic heterocycles. The van der Waals surface area contributed by atoms with Crippen LogP contribution in [0.15, 0.2) is 42.6 Å². The molecule has 2 nitrogen and oxygen atoms in total. The maximum absolute atomic E-state index is 5.21. The van der Waals surface area contributed by atoms with E-state index in [1.165, 1.54) is 16.5 Å². The fourth-order valence-electron chi connectivity index (χ4n) is 1.81. The molecule has 0 aliphatic carbocycles. The largest absolute Gasteiger partial charge is 0.497 e. The Hall–Kier alpha value is -1.70. The van der Waals surface area contributed by atoms with Gasteiger partial charge in [-0.25, -0.2) is 0 Å². The molecule has 0 aliphatic heterocycles. The van der Waals surface area contributed by atoms with E-state index in [9.17, 15) is 0 Å². The number of allylic oxidation sites excluding steroid dienone is 1. The lowest BCUT2D eigenvalue weighted by Crippen LogP contribution is -1.96. The summed E-state index contributed by atoms with van der Waals surface area (Å²) in [6.45, 7) is 6.98. The number of nitrogens with zero attached hydrogens (tertiary/aromatic N) is 1. The summed E-state index contributed by atoms with van der Waals surface area (Å²) in [7, 11) is 1.69. The molecule has 0 saturated carbocycles. The standard InChI is InChI=1S/C14H17NO/c1-11(2)6-8-15-9-7-12-10-13(16-3)4-5-14(12)15/h4-5,7,9-10H,1,6,8H2,2-3H3. The number of hydrogen-bond acceptors (Lipinski definition) is 1. The van der Waals surface area contributed by atoms with Gasteiger partial charge in [0.25, 0.3) is 0 Å². The Balaban J connectivity index is 2.30. The fraction of sp³-hybridized carbons (Fsp3) is 0.286. The maximum Gasteiger partial charge on any atom is 0.119 e. The van der Waals surface area contributed by atoms with Gasteiger partial charge in [0.1, 0.15) is 5.75 Å². The third-order valence-electron chi connectivity index (χ3n) is 2.76. The van der Waals surface area contributed by atoms with E-state index in [0.29, 0.717) is 0 Å². The molecule has 1 aromatic carbocycles. The zero-order chi connectivity index (χ0) is 11.5. The molecule has 0 fully saturated rings. The number of aryl methyl sites for hydroxylation is 1. The predicted octanol–water partition coefficient (Wildman–Crippen LogP) is 3.62. The summed E-state index contributed by atoms with van der Waals surface area (Å²) in [5.41, 5.74) is 2.47. The summed E-state index contributed by atoms with van der Waals surface area (Å²) >= 11 is 0. The quantitative estimate of drug-likeness (QED) is 0.710. The minimum absolute atomic E-state index is 0.908. The van der Waals surface area contributed by atoms with E-state index in [1.54, 1.807) is 7.11 Å². The lowest BCUT2D eigenvalue weighted by molar-refractivity contribution is 0.415. The highest BCUT2D eigenvalue weighted by molar-refractivity contribution is 5.81. The van der Waals surface area contributed by atoms with Crippen molar-refractivity contribution in [1.82, 2.24) is 4.57 Å². The van der Waals surface area contributed by atoms with Gasteiger partial charge in [0, 0.05) is 23.6 Å². The van der Waals surface area contributed by atoms with Gasteiger partial charge in [0.15, 0.2) is 0 Å². The van der Waals surface area contributed by atoms with Crippen LogP contribution in [0.4, 0.5) is 0 Å². The Morgan fingerprint density at radius 1 is 1.38 bits per heavy atom. The molecule has 0 saturated heterocycles. The van der Waals surface area contributed by atoms with Gasteiger partial charge >= 0.3 is 0 Å². The smallest absolute Gasteiger partial charge is 0.119 e. The molecule has 0 atom stereocenters. The van der Waals surface area contributed by atoms with Crippen molar-refractivity contribution in [2.24, 2.45) is 0 Å². The first-order chi connectivity index (χ1) is 7.70. The minimum atomic E-state index is 0.908. The molecule has 0 bridgehead atoms. The fourth-order valence-corrected chi connectivity index (χ4v) is 1.81. The topological polar surface area (TPSA) is 14.2 Å². The summed E-state index contributed by atoms with van der Waals surface area (Å²) in [6.07, 6.45) is 3.14. The third kappa shape index (κ3) is 2.11. The molecule has 0 spiro atoms. The average molecular weight is 215 g/mol. The highest BCUT2D eigenvalue weighted by Gasteiger charge is 2.02. The van der Waals surface area contributed by atoms with Crippen LogP contribution in [0.2, 0.25) is 0 Å². The molecule has 2 heteroatoms. The SMILES string of the molecule is C=C(C)CCn1ccc2cc(OC)ccc21. The molecular formula is C14H17NO. The molecule has 84 valence electrons. The van der Waals surface area contributed by atoms with Gasteiger partial charge < -0.3 is 9.30 Å². The Morgan fingerprint density at radius 3 is 2.88 bits per heavy atom. The zero-order valence-corrected chi connectivity index (χ0v) is 9.86. The highest BCUT2D eigenvalue weighted by Crippen LogP contribution is 2.22. The predicted molar refractivity (Wildman–Crippen MR) is 67.9 cm³/mol. The van der Waals surface area contributed by atoms with Crippen LogP contribution in [-0.2, 0) is 6.54 Å². The summed E-state index contributed by atoms with van der Waals surface area (Å²) in [5.74, 6) is 0.908. The first-order valence-corrected chi connectivity index (χ1v) is 5.48. The Labute approximate surface area is 96.1 Å². The van der Waals surface area contributed by atoms with Gasteiger partial charge in [-0.3, -0.25) is 0 Å². The van der Waals surface area contributed by atoms with Crippen molar-refractivity contribution in [3.8, 4) is 5.75 Å². The van der Waals surface area contributed by atoms with Crippen LogP contribution in [0.1, 0.15) is 13.3 Å². The molecule has 0 N–H and O–H groups in total. The van der Waals surface area contributed by atoms with E-state index in [1.807, 2.05) is 6.07 Å². The van der Waals surface area contributed by atoms with E-state index < -0.39 is 0 Å². The van der Waals surface area contributed by atoms with Gasteiger partial charge in [0.2, 0.25) is 0 Å². The molecule has 0 amide bonds. The Bertz CT molecular complexity index is 510. The second-order valence-corrected chi connectivity index (χ2v) is 4.14. The lowest BCUT2D eigenvalue weighted by Gasteiger charge is -2.05. The van der Waals surface area contributed by atoms with Gasteiger partial charge in [-0.05, 0) is 37.6 Å². The van der Waals surface area contributed by atoms with Crippen molar-refractivity contribution < 1.29 is 4.74 Å². The zero-order valence-electron chi connectivity index (χ0n) is 9.86. The van der Waals surface area contributed by atoms with Crippen molar-refractivity contribution >= 4 is 10.9 Å². The molecule has 0 unspecified atom stereocenters. The monoisotopic (exact) mass is 215 g/mol. The summed E-state index contributed by atoms with van der Waals surface area (Å²) < 4.78 is 7.46. The molecule has 2 rings (SSSR count). The van der Waals surface area contributed by atoms with Gasteiger partial charge in [-0.2, -0.15) is 0 Å². The van der Waals surface area contributed by atoms with E-state index in [-0.39, 0.29) is 0 Å². The van der Waals surface area contributed by atoms with Crippen LogP contribution in [0.3, 0.4) is 0 Å². The Kier molecular flexibility index (Phi) is 3.00. The summed E-state index contributed by atoms with van der Waals surface area (Å²) in [6, 6.07) is 8.29. The maximum atomic E-state index is 5.21. The average Bonchev–Trinajstić information content (AvgIpc) is 2.68. The molecular weight excluding hydrogens is 198 g/mol. The van der Waals surface area contributed by atoms with E-state index >= 15 is 0 Å². The first kappa shape index (κ1) is 10.8. The normalized spacial score (nSPS) is 10.6. The molecule has 1 heterocycles. The second kappa shape index (κ2) is 4.44. The third-order valence-corrected chi connectivity index (χ3v) is 2.76. The van der Waals surface area contributed by atoms with Crippen LogP contribution in [0.5, 0.6) is 5.75 Å². The van der Waals surface area contributed by atoms with Crippen molar-refractivity contribution in [3.63, 3.8) is 0 Å². The number of rotatable bonds is 4. The number of aromatic nitrogens is 1. The Morgan fingerprint density at radius 2 is 2.19 bits per heavy atom. The van der Waals surface area contributed by atoms with Gasteiger partial charge in [0.05, 0.1) is 7.11 Å². The van der Waals surface area contributed by atoms with Crippen LogP contribution >= 0.6 is 0 Å². The number of ether oxygens (including phenoxy) is 1. The van der Waals surface area contributed by atoms with E-state index in [2.05, 4.69) is 42.5 Å². The van der Waals surface area contributed by atoms with E-state index in [0.717, 1.165) is 18.7 Å². The minimum Gasteiger partial charge on any atom is -0.497 e. The van der Waals surface area contributed by atoms with Crippen LogP contribution in [0, 0.1) is 0 Å². The molecule has 16 heavy (non-hydrogen) atoms. The lowest BCUT2D eigenvalue weighted by atomic mass is 10.2. The van der Waals surface area contributed by atoms with Crippen LogP contribution in [-0.4, -0.2) is 11.7 Å². The van der Waals surface area contributed by atoms with Gasteiger partial charge in [-0.15, -0.1) is 6.58 Å². The van der Waals surface area contributed by atoms with Crippen molar-refractivity contribution in [2.75, 3.05) is 7.11 Å². The summed E-state index contributed by atoms with van der Waals surface area (Å²) in [5, 5.41) is 1.22. The van der Waals surface area contributed by atoms with Crippen molar-refractivity contribution in [1.29, 1.82) is 0 Å². The first-order valence-electron chi connectivity index (χ1n) is 5.48. The number of hydrogen-bond donors (Lipinski definition) is 0. The highest BCUT2D eigenvalue weighted by atomic mass is 16.5. The van der Waals surface area contributed by atoms with E-state index in [4.69, 9.17) is 4.74 Å². The van der Waals surface area contributed by atoms with Crippen molar-refractivity contribution in [3.05, 3.63) is 42.6 Å². The second-order valence-electron chi connectivity index (χ2n) is 4.14. The number of benzene rings is 1. The number of fused-ring (bicyclic) bond motifs is 1. The number of methoxy groups -OCH3 is 1. The molecule has 0 radical (unpaired) electrons. The summed E-state index contributed by atoms with van der Waals surface area (Å²) in [4.78, 5) is 0. The van der Waals surface area contributed by atoms with Crippen LogP contribution < -0.4 is 4.74 Å².